The number of ether oxygens (including phenoxy) is 1. The molecule has 7 heteroatoms. The fraction of sp³-hybridized carbons (Fsp3) is 0.0769. The quantitative estimate of drug-likeness (QED) is 0.137. The van der Waals surface area contributed by atoms with E-state index in [0.717, 1.165) is 27.6 Å². The fourth-order valence-electron chi connectivity index (χ4n) is 3.54. The molecule has 0 bridgehead atoms. The molecule has 0 aliphatic rings. The molecule has 0 spiro atoms. The van der Waals surface area contributed by atoms with Crippen LogP contribution in [0.5, 0.6) is 11.5 Å². The van der Waals surface area contributed by atoms with E-state index in [1.54, 1.807) is 18.3 Å². The van der Waals surface area contributed by atoms with E-state index in [-0.39, 0.29) is 17.2 Å². The predicted molar refractivity (Wildman–Crippen MR) is 126 cm³/mol. The number of aromatic nitrogens is 1. The number of rotatable bonds is 5. The Morgan fingerprint density at radius 3 is 2.39 bits per heavy atom. The van der Waals surface area contributed by atoms with E-state index in [2.05, 4.69) is 4.98 Å². The van der Waals surface area contributed by atoms with Gasteiger partial charge in [0.2, 0.25) is 0 Å². The van der Waals surface area contributed by atoms with Gasteiger partial charge in [-0.3, -0.25) is 15.1 Å². The summed E-state index contributed by atoms with van der Waals surface area (Å²) in [7, 11) is 0. The third kappa shape index (κ3) is 4.72. The first-order valence-electron chi connectivity index (χ1n) is 10.2. The highest BCUT2D eigenvalue weighted by molar-refractivity contribution is 5.99. The van der Waals surface area contributed by atoms with Crippen LogP contribution in [0.1, 0.15) is 32.6 Å². The van der Waals surface area contributed by atoms with Crippen LogP contribution in [-0.2, 0) is 0 Å². The van der Waals surface area contributed by atoms with Gasteiger partial charge in [0.1, 0.15) is 11.5 Å². The number of carbonyl (C=O) groups excluding carboxylic acids is 1. The van der Waals surface area contributed by atoms with Crippen LogP contribution in [0.25, 0.3) is 23.1 Å². The van der Waals surface area contributed by atoms with E-state index < -0.39 is 10.9 Å². The van der Waals surface area contributed by atoms with Crippen LogP contribution in [0.3, 0.4) is 0 Å². The Morgan fingerprint density at radius 2 is 1.73 bits per heavy atom. The molecule has 1 heterocycles. The van der Waals surface area contributed by atoms with Crippen molar-refractivity contribution >= 4 is 34.7 Å². The van der Waals surface area contributed by atoms with Crippen molar-refractivity contribution in [1.29, 1.82) is 0 Å². The lowest BCUT2D eigenvalue weighted by Gasteiger charge is -2.08. The number of non-ortho nitro benzene ring substituents is 1. The molecule has 164 valence electrons. The van der Waals surface area contributed by atoms with Gasteiger partial charge in [0.05, 0.1) is 16.0 Å². The van der Waals surface area contributed by atoms with Crippen LogP contribution in [-0.4, -0.2) is 21.0 Å². The SMILES string of the molecule is Cc1cc(/C=C/c2cc(C(=O)Oc3ccc([N+](=O)[O-])cc3)cc3ncccc23)cc(C)c1O. The van der Waals surface area contributed by atoms with Crippen LogP contribution < -0.4 is 4.74 Å². The van der Waals surface area contributed by atoms with Crippen molar-refractivity contribution in [3.63, 3.8) is 0 Å². The number of phenols is 1. The summed E-state index contributed by atoms with van der Waals surface area (Å²) < 4.78 is 5.41. The van der Waals surface area contributed by atoms with Gasteiger partial charge in [-0.15, -0.1) is 0 Å². The largest absolute Gasteiger partial charge is 0.507 e. The van der Waals surface area contributed by atoms with E-state index >= 15 is 0 Å². The van der Waals surface area contributed by atoms with Crippen molar-refractivity contribution in [3.8, 4) is 11.5 Å². The maximum atomic E-state index is 12.8. The normalized spacial score (nSPS) is 11.1. The minimum atomic E-state index is -0.595. The smallest absolute Gasteiger partial charge is 0.343 e. The number of esters is 1. The van der Waals surface area contributed by atoms with Gasteiger partial charge in [-0.05, 0) is 78.6 Å². The molecule has 0 amide bonds. The summed E-state index contributed by atoms with van der Waals surface area (Å²) in [5.41, 5.74) is 4.10. The van der Waals surface area contributed by atoms with Crippen LogP contribution in [0.4, 0.5) is 5.69 Å². The second-order valence-corrected chi connectivity index (χ2v) is 7.61. The number of aryl methyl sites for hydroxylation is 2. The molecule has 3 aromatic carbocycles. The molecular weight excluding hydrogens is 420 g/mol. The number of pyridine rings is 1. The van der Waals surface area contributed by atoms with Gasteiger partial charge in [0.15, 0.2) is 0 Å². The van der Waals surface area contributed by atoms with Gasteiger partial charge in [0, 0.05) is 23.7 Å². The van der Waals surface area contributed by atoms with Crippen LogP contribution in [0.15, 0.2) is 66.9 Å². The van der Waals surface area contributed by atoms with Crippen molar-refractivity contribution in [2.75, 3.05) is 0 Å². The van der Waals surface area contributed by atoms with Gasteiger partial charge >= 0.3 is 5.97 Å². The average molecular weight is 440 g/mol. The number of carbonyl (C=O) groups is 1. The number of aromatic hydroxyl groups is 1. The molecule has 0 atom stereocenters. The summed E-state index contributed by atoms with van der Waals surface area (Å²) in [5, 5.41) is 21.7. The number of hydrogen-bond donors (Lipinski definition) is 1. The minimum Gasteiger partial charge on any atom is -0.507 e. The van der Waals surface area contributed by atoms with Crippen molar-refractivity contribution in [2.45, 2.75) is 13.8 Å². The molecule has 4 aromatic rings. The predicted octanol–water partition coefficient (Wildman–Crippen LogP) is 5.86. The molecule has 0 aliphatic carbocycles. The summed E-state index contributed by atoms with van der Waals surface area (Å²) in [4.78, 5) is 27.5. The Bertz CT molecular complexity index is 1390. The van der Waals surface area contributed by atoms with Gasteiger partial charge < -0.3 is 9.84 Å². The standard InChI is InChI=1S/C26H20N2O5/c1-16-12-18(13-17(2)25(16)29)5-6-19-14-20(15-24-23(19)4-3-11-27-24)26(30)33-22-9-7-21(8-10-22)28(31)32/h3-15,29H,1-2H3/b6-5+. The van der Waals surface area contributed by atoms with Crippen LogP contribution in [0, 0.1) is 24.0 Å². The van der Waals surface area contributed by atoms with E-state index in [1.165, 1.54) is 24.3 Å². The van der Waals surface area contributed by atoms with Gasteiger partial charge in [-0.1, -0.05) is 18.2 Å². The third-order valence-electron chi connectivity index (χ3n) is 5.22. The molecule has 1 N–H and O–H groups in total. The Labute approximate surface area is 189 Å². The Morgan fingerprint density at radius 1 is 1.03 bits per heavy atom. The lowest BCUT2D eigenvalue weighted by atomic mass is 10.0. The highest BCUT2D eigenvalue weighted by atomic mass is 16.6. The zero-order valence-electron chi connectivity index (χ0n) is 18.0. The number of nitro groups is 1. The number of fused-ring (bicyclic) bond motifs is 1. The lowest BCUT2D eigenvalue weighted by Crippen LogP contribution is -2.09. The monoisotopic (exact) mass is 440 g/mol. The molecule has 1 aromatic heterocycles. The number of nitro benzene ring substituents is 1. The zero-order chi connectivity index (χ0) is 23.5. The second kappa shape index (κ2) is 8.92. The Hall–Kier alpha value is -4.52. The molecule has 0 saturated heterocycles. The molecule has 0 fully saturated rings. The molecule has 0 aliphatic heterocycles. The summed E-state index contributed by atoms with van der Waals surface area (Å²) in [5.74, 6) is -0.112. The number of benzene rings is 3. The van der Waals surface area contributed by atoms with Gasteiger partial charge in [-0.2, -0.15) is 0 Å². The van der Waals surface area contributed by atoms with Crippen molar-refractivity contribution in [2.24, 2.45) is 0 Å². The molecule has 33 heavy (non-hydrogen) atoms. The van der Waals surface area contributed by atoms with Crippen molar-refractivity contribution in [3.05, 3.63) is 105 Å². The third-order valence-corrected chi connectivity index (χ3v) is 5.22. The summed E-state index contributed by atoms with van der Waals surface area (Å²) >= 11 is 0. The molecule has 0 radical (unpaired) electrons. The molecular formula is C26H20N2O5. The molecule has 0 saturated carbocycles. The van der Waals surface area contributed by atoms with E-state index in [9.17, 15) is 20.0 Å². The highest BCUT2D eigenvalue weighted by Gasteiger charge is 2.14. The molecule has 4 rings (SSSR count). The number of phenolic OH excluding ortho intramolecular Hbond substituents is 1. The fourth-order valence-corrected chi connectivity index (χ4v) is 3.54. The minimum absolute atomic E-state index is 0.0863. The summed E-state index contributed by atoms with van der Waals surface area (Å²) in [6.45, 7) is 3.68. The summed E-state index contributed by atoms with van der Waals surface area (Å²) in [6, 6.07) is 16.2. The first-order valence-corrected chi connectivity index (χ1v) is 10.2. The Kier molecular flexibility index (Phi) is 5.87. The van der Waals surface area contributed by atoms with Crippen LogP contribution in [0.2, 0.25) is 0 Å². The Balaban J connectivity index is 1.68. The highest BCUT2D eigenvalue weighted by Crippen LogP contribution is 2.26. The molecule has 0 unspecified atom stereocenters. The zero-order valence-corrected chi connectivity index (χ0v) is 18.0. The van der Waals surface area contributed by atoms with Crippen molar-refractivity contribution < 1.29 is 19.6 Å². The maximum Gasteiger partial charge on any atom is 0.343 e. The first-order chi connectivity index (χ1) is 15.8. The van der Waals surface area contributed by atoms with Gasteiger partial charge in [-0.25, -0.2) is 4.79 Å². The second-order valence-electron chi connectivity index (χ2n) is 7.61. The number of nitrogens with zero attached hydrogens (tertiary/aromatic N) is 2. The average Bonchev–Trinajstić information content (AvgIpc) is 2.81. The van der Waals surface area contributed by atoms with Crippen LogP contribution >= 0.6 is 0 Å². The maximum absolute atomic E-state index is 12.8. The van der Waals surface area contributed by atoms with E-state index in [4.69, 9.17) is 4.74 Å². The van der Waals surface area contributed by atoms with E-state index in [1.807, 2.05) is 50.3 Å². The number of hydrogen-bond acceptors (Lipinski definition) is 6. The summed E-state index contributed by atoms with van der Waals surface area (Å²) in [6.07, 6.45) is 5.44. The van der Waals surface area contributed by atoms with Crippen molar-refractivity contribution in [1.82, 2.24) is 4.98 Å². The first kappa shape index (κ1) is 21.7. The lowest BCUT2D eigenvalue weighted by molar-refractivity contribution is -0.384. The molecule has 7 nitrogen and oxygen atoms in total. The topological polar surface area (TPSA) is 103 Å². The van der Waals surface area contributed by atoms with E-state index in [0.29, 0.717) is 11.1 Å². The van der Waals surface area contributed by atoms with Gasteiger partial charge in [0.25, 0.3) is 5.69 Å².